The highest BCUT2D eigenvalue weighted by atomic mass is 16.5. The third-order valence-corrected chi connectivity index (χ3v) is 11.0. The van der Waals surface area contributed by atoms with Gasteiger partial charge in [0, 0.05) is 36.9 Å². The van der Waals surface area contributed by atoms with E-state index in [1.54, 1.807) is 5.57 Å². The molecule has 0 spiro atoms. The molecule has 1 aromatic carbocycles. The van der Waals surface area contributed by atoms with Crippen molar-refractivity contribution < 1.29 is 4.74 Å². The molecule has 1 aliphatic heterocycles. The van der Waals surface area contributed by atoms with Crippen molar-refractivity contribution in [3.05, 3.63) is 48.3 Å². The molecular weight excluding hydrogens is 416 g/mol. The van der Waals surface area contributed by atoms with E-state index in [0.29, 0.717) is 5.41 Å². The van der Waals surface area contributed by atoms with Gasteiger partial charge in [-0.1, -0.05) is 25.1 Å². The second-order valence-electron chi connectivity index (χ2n) is 12.3. The number of fused-ring (bicyclic) bond motifs is 6. The van der Waals surface area contributed by atoms with Gasteiger partial charge in [-0.25, -0.2) is 0 Å². The van der Waals surface area contributed by atoms with Crippen molar-refractivity contribution in [2.45, 2.75) is 64.3 Å². The lowest BCUT2D eigenvalue weighted by atomic mass is 9.49. The molecule has 3 nitrogen and oxygen atoms in total. The molecule has 34 heavy (non-hydrogen) atoms. The number of hydrogen-bond acceptors (Lipinski definition) is 3. The predicted molar refractivity (Wildman–Crippen MR) is 138 cm³/mol. The van der Waals surface area contributed by atoms with Crippen LogP contribution in [-0.4, -0.2) is 42.2 Å². The smallest absolute Gasteiger partial charge is 0.0594 e. The molecule has 1 aromatic heterocycles. The number of rotatable bonds is 2. The van der Waals surface area contributed by atoms with Crippen LogP contribution in [0.3, 0.4) is 0 Å². The van der Waals surface area contributed by atoms with Crippen LogP contribution in [0.5, 0.6) is 0 Å². The van der Waals surface area contributed by atoms with Gasteiger partial charge in [-0.2, -0.15) is 0 Å². The van der Waals surface area contributed by atoms with Gasteiger partial charge < -0.3 is 4.74 Å². The maximum atomic E-state index is 5.63. The normalized spacial score (nSPS) is 40.3. The zero-order chi connectivity index (χ0) is 22.7. The van der Waals surface area contributed by atoms with Gasteiger partial charge in [-0.05, 0) is 115 Å². The molecule has 7 atom stereocenters. The molecule has 7 unspecified atom stereocenters. The SMILES string of the molecule is CC12CCC3C4CCC(N5CCOCC5)CC4CCC3C1CC=C2c1ccc2cnccc2c1. The van der Waals surface area contributed by atoms with Gasteiger partial charge in [-0.15, -0.1) is 0 Å². The van der Waals surface area contributed by atoms with Crippen LogP contribution in [0.4, 0.5) is 0 Å². The molecule has 2 heterocycles. The van der Waals surface area contributed by atoms with Crippen molar-refractivity contribution in [3.63, 3.8) is 0 Å². The summed E-state index contributed by atoms with van der Waals surface area (Å²) >= 11 is 0. The van der Waals surface area contributed by atoms with Crippen LogP contribution in [-0.2, 0) is 4.74 Å². The van der Waals surface area contributed by atoms with E-state index in [-0.39, 0.29) is 0 Å². The first kappa shape index (κ1) is 21.6. The summed E-state index contributed by atoms with van der Waals surface area (Å²) in [4.78, 5) is 7.07. The van der Waals surface area contributed by atoms with Crippen molar-refractivity contribution >= 4 is 16.3 Å². The van der Waals surface area contributed by atoms with Crippen LogP contribution in [0.2, 0.25) is 0 Å². The third kappa shape index (κ3) is 3.41. The molecule has 0 radical (unpaired) electrons. The first-order valence-corrected chi connectivity index (χ1v) is 14.1. The summed E-state index contributed by atoms with van der Waals surface area (Å²) in [6.07, 6.45) is 18.0. The Morgan fingerprint density at radius 1 is 0.941 bits per heavy atom. The van der Waals surface area contributed by atoms with Crippen LogP contribution < -0.4 is 0 Å². The average Bonchev–Trinajstić information content (AvgIpc) is 3.25. The van der Waals surface area contributed by atoms with E-state index in [0.717, 1.165) is 61.9 Å². The average molecular weight is 457 g/mol. The summed E-state index contributed by atoms with van der Waals surface area (Å²) in [5, 5.41) is 2.58. The maximum Gasteiger partial charge on any atom is 0.0594 e. The summed E-state index contributed by atoms with van der Waals surface area (Å²) in [6, 6.07) is 10.1. The summed E-state index contributed by atoms with van der Waals surface area (Å²) in [5.74, 6) is 4.76. The second kappa shape index (κ2) is 8.45. The molecule has 1 saturated heterocycles. The lowest BCUT2D eigenvalue weighted by Crippen LogP contribution is -2.51. The fourth-order valence-electron chi connectivity index (χ4n) is 9.37. The van der Waals surface area contributed by atoms with Crippen molar-refractivity contribution in [1.82, 2.24) is 9.88 Å². The third-order valence-electron chi connectivity index (χ3n) is 11.0. The van der Waals surface area contributed by atoms with E-state index in [4.69, 9.17) is 4.74 Å². The Morgan fingerprint density at radius 3 is 2.74 bits per heavy atom. The van der Waals surface area contributed by atoms with E-state index < -0.39 is 0 Å². The zero-order valence-corrected chi connectivity index (χ0v) is 20.8. The Morgan fingerprint density at radius 2 is 1.82 bits per heavy atom. The Bertz CT molecular complexity index is 1090. The lowest BCUT2D eigenvalue weighted by molar-refractivity contribution is -0.0620. The van der Waals surface area contributed by atoms with Gasteiger partial charge in [0.15, 0.2) is 0 Å². The Kier molecular flexibility index (Phi) is 5.36. The molecule has 0 amide bonds. The van der Waals surface area contributed by atoms with Crippen LogP contribution in [0.15, 0.2) is 42.7 Å². The summed E-state index contributed by atoms with van der Waals surface area (Å²) in [5.41, 5.74) is 3.47. The van der Waals surface area contributed by atoms with E-state index >= 15 is 0 Å². The Labute approximate surface area is 205 Å². The van der Waals surface area contributed by atoms with Gasteiger partial charge in [0.25, 0.3) is 0 Å². The number of morpholine rings is 1. The lowest BCUT2D eigenvalue weighted by Gasteiger charge is -2.56. The summed E-state index contributed by atoms with van der Waals surface area (Å²) in [7, 11) is 0. The van der Waals surface area contributed by atoms with E-state index in [1.807, 2.05) is 12.4 Å². The Hall–Kier alpha value is -1.71. The monoisotopic (exact) mass is 456 g/mol. The highest BCUT2D eigenvalue weighted by Gasteiger charge is 2.55. The standard InChI is InChI=1S/C31H40N2O/c1-31-12-10-27-26-7-5-25(33-14-16-34-17-15-33)19-22(26)4-6-28(27)30(31)9-8-29(31)23-2-3-24-20-32-13-11-21(24)18-23/h2-3,8,11,13,18,20,22,25-28,30H,4-7,9-10,12,14-17,19H2,1H3. The van der Waals surface area contributed by atoms with E-state index in [1.165, 1.54) is 67.7 Å². The minimum absolute atomic E-state index is 0.361. The van der Waals surface area contributed by atoms with Crippen LogP contribution in [0.25, 0.3) is 16.3 Å². The van der Waals surface area contributed by atoms with Gasteiger partial charge >= 0.3 is 0 Å². The van der Waals surface area contributed by atoms with Crippen LogP contribution in [0, 0.1) is 35.0 Å². The topological polar surface area (TPSA) is 25.4 Å². The van der Waals surface area contributed by atoms with Crippen molar-refractivity contribution in [2.24, 2.45) is 35.0 Å². The zero-order valence-electron chi connectivity index (χ0n) is 20.8. The molecule has 4 aliphatic carbocycles. The van der Waals surface area contributed by atoms with Gasteiger partial charge in [0.1, 0.15) is 0 Å². The number of allylic oxidation sites excluding steroid dienone is 2. The summed E-state index contributed by atoms with van der Waals surface area (Å²) in [6.45, 7) is 6.82. The van der Waals surface area contributed by atoms with Crippen LogP contribution in [0.1, 0.15) is 63.9 Å². The first-order valence-electron chi connectivity index (χ1n) is 14.1. The molecule has 5 aliphatic rings. The molecule has 0 bridgehead atoms. The minimum Gasteiger partial charge on any atom is -0.379 e. The molecule has 3 saturated carbocycles. The maximum absolute atomic E-state index is 5.63. The quantitative estimate of drug-likeness (QED) is 0.510. The number of hydrogen-bond donors (Lipinski definition) is 0. The number of benzene rings is 1. The van der Waals surface area contributed by atoms with Crippen LogP contribution >= 0.6 is 0 Å². The summed E-state index contributed by atoms with van der Waals surface area (Å²) < 4.78 is 5.63. The molecule has 180 valence electrons. The van der Waals surface area contributed by atoms with Crippen molar-refractivity contribution in [2.75, 3.05) is 26.3 Å². The molecule has 2 aromatic rings. The largest absolute Gasteiger partial charge is 0.379 e. The molecular formula is C31H40N2O. The molecule has 0 N–H and O–H groups in total. The fraction of sp³-hybridized carbons (Fsp3) is 0.645. The van der Waals surface area contributed by atoms with E-state index in [2.05, 4.69) is 47.1 Å². The second-order valence-corrected chi connectivity index (χ2v) is 12.3. The van der Waals surface area contributed by atoms with Gasteiger partial charge in [0.2, 0.25) is 0 Å². The van der Waals surface area contributed by atoms with E-state index in [9.17, 15) is 0 Å². The van der Waals surface area contributed by atoms with Crippen molar-refractivity contribution in [3.8, 4) is 0 Å². The highest BCUT2D eigenvalue weighted by Crippen LogP contribution is 2.64. The molecule has 7 rings (SSSR count). The predicted octanol–water partition coefficient (Wildman–Crippen LogP) is 6.58. The van der Waals surface area contributed by atoms with Gasteiger partial charge in [-0.3, -0.25) is 9.88 Å². The number of nitrogens with zero attached hydrogens (tertiary/aromatic N) is 2. The van der Waals surface area contributed by atoms with Crippen molar-refractivity contribution in [1.29, 1.82) is 0 Å². The molecule has 3 heteroatoms. The number of ether oxygens (including phenoxy) is 1. The first-order chi connectivity index (χ1) is 16.7. The highest BCUT2D eigenvalue weighted by molar-refractivity contribution is 5.86. The number of pyridine rings is 1. The van der Waals surface area contributed by atoms with Gasteiger partial charge in [0.05, 0.1) is 13.2 Å². The Balaban J connectivity index is 1.09. The number of aromatic nitrogens is 1. The minimum atomic E-state index is 0.361. The molecule has 4 fully saturated rings. The fourth-order valence-corrected chi connectivity index (χ4v) is 9.37.